The minimum absolute atomic E-state index is 0.507. The molecule has 172 valence electrons. The van der Waals surface area contributed by atoms with Gasteiger partial charge in [-0.2, -0.15) is 9.68 Å². The van der Waals surface area contributed by atoms with E-state index in [1.807, 2.05) is 0 Å². The van der Waals surface area contributed by atoms with E-state index in [1.54, 1.807) is 0 Å². The molecule has 0 fully saturated rings. The van der Waals surface area contributed by atoms with Crippen molar-refractivity contribution in [1.29, 1.82) is 0 Å². The zero-order chi connectivity index (χ0) is 23.4. The summed E-state index contributed by atoms with van der Waals surface area (Å²) in [6, 6.07) is 0. The monoisotopic (exact) mass is 448 g/mol. The molecule has 30 heavy (non-hydrogen) atoms. The van der Waals surface area contributed by atoms with Crippen LogP contribution in [0, 0.1) is 56.2 Å². The van der Waals surface area contributed by atoms with Gasteiger partial charge in [-0.3, -0.25) is 0 Å². The van der Waals surface area contributed by atoms with E-state index in [4.69, 9.17) is 0 Å². The van der Waals surface area contributed by atoms with Crippen molar-refractivity contribution in [2.24, 2.45) is 10.8 Å². The van der Waals surface area contributed by atoms with Gasteiger partial charge in [0, 0.05) is 0 Å². The van der Waals surface area contributed by atoms with Crippen molar-refractivity contribution < 1.29 is 54.5 Å². The van der Waals surface area contributed by atoms with E-state index in [1.165, 1.54) is 13.8 Å². The highest BCUT2D eigenvalue weighted by molar-refractivity contribution is 4.72. The fourth-order valence-electron chi connectivity index (χ4n) is 1.54. The molecule has 0 aromatic rings. The SMILES string of the molecule is CC(CO[N+](=O)[O-])(CO[N+](=O)[O-])CO[N+](=O)OCC(C)(CO[N+](=O)[O-])CO[N+](=O)[O-]. The van der Waals surface area contributed by atoms with Crippen LogP contribution in [0.2, 0.25) is 0 Å². The van der Waals surface area contributed by atoms with Crippen LogP contribution in [0.4, 0.5) is 0 Å². The van der Waals surface area contributed by atoms with Crippen LogP contribution in [0.25, 0.3) is 0 Å². The maximum absolute atomic E-state index is 11.7. The average molecular weight is 448 g/mol. The first-order valence-electron chi connectivity index (χ1n) is 7.59. The van der Waals surface area contributed by atoms with E-state index >= 15 is 0 Å². The summed E-state index contributed by atoms with van der Waals surface area (Å²) >= 11 is 0. The molecule has 0 spiro atoms. The molecule has 0 amide bonds. The molecule has 0 aromatic carbocycles. The molecule has 0 saturated heterocycles. The van der Waals surface area contributed by atoms with Crippen molar-refractivity contribution >= 4 is 0 Å². The first kappa shape index (κ1) is 26.0. The molecular formula is C10H18N5O15+. The van der Waals surface area contributed by atoms with Crippen LogP contribution in [-0.4, -0.2) is 65.1 Å². The van der Waals surface area contributed by atoms with Crippen LogP contribution < -0.4 is 0 Å². The third-order valence-corrected chi connectivity index (χ3v) is 3.11. The third-order valence-electron chi connectivity index (χ3n) is 3.11. The molecule has 0 aliphatic carbocycles. The molecule has 0 saturated carbocycles. The van der Waals surface area contributed by atoms with Gasteiger partial charge in [-0.15, -0.1) is 40.5 Å². The molecule has 0 aliphatic heterocycles. The second-order valence-corrected chi connectivity index (χ2v) is 6.38. The van der Waals surface area contributed by atoms with Gasteiger partial charge in [-0.05, 0) is 0 Å². The van der Waals surface area contributed by atoms with Crippen molar-refractivity contribution in [3.05, 3.63) is 45.4 Å². The second kappa shape index (κ2) is 11.8. The maximum atomic E-state index is 11.7. The predicted octanol–water partition coefficient (Wildman–Crippen LogP) is -0.526. The summed E-state index contributed by atoms with van der Waals surface area (Å²) in [4.78, 5) is 78.6. The molecule has 0 heterocycles. The highest BCUT2D eigenvalue weighted by atomic mass is 17.0. The lowest BCUT2D eigenvalue weighted by Crippen LogP contribution is -2.39. The van der Waals surface area contributed by atoms with Gasteiger partial charge in [0.25, 0.3) is 20.3 Å². The molecule has 20 nitrogen and oxygen atoms in total. The minimum Gasteiger partial charge on any atom is -0.313 e. The smallest absolute Gasteiger partial charge is 0.313 e. The Morgan fingerprint density at radius 2 is 0.700 bits per heavy atom. The molecule has 0 aliphatic rings. The summed E-state index contributed by atoms with van der Waals surface area (Å²) in [6.45, 7) is -2.00. The van der Waals surface area contributed by atoms with Crippen LogP contribution in [0.5, 0.6) is 0 Å². The summed E-state index contributed by atoms with van der Waals surface area (Å²) in [6.07, 6.45) is 0. The topological polar surface area (TPSA) is 248 Å². The Labute approximate surface area is 165 Å². The molecule has 0 radical (unpaired) electrons. The van der Waals surface area contributed by atoms with Gasteiger partial charge in [0.2, 0.25) is 0 Å². The van der Waals surface area contributed by atoms with E-state index in [0.29, 0.717) is 0 Å². The fraction of sp³-hybridized carbons (Fsp3) is 1.00. The summed E-state index contributed by atoms with van der Waals surface area (Å²) in [5.41, 5.74) is -3.09. The van der Waals surface area contributed by atoms with Gasteiger partial charge in [0.1, 0.15) is 31.3 Å². The molecule has 0 unspecified atom stereocenters. The first-order valence-corrected chi connectivity index (χ1v) is 7.59. The molecule has 0 N–H and O–H groups in total. The minimum atomic E-state index is -1.54. The summed E-state index contributed by atoms with van der Waals surface area (Å²) < 4.78 is 0. The van der Waals surface area contributed by atoms with E-state index in [0.717, 1.165) is 0 Å². The Bertz CT molecular complexity index is 553. The fourth-order valence-corrected chi connectivity index (χ4v) is 1.54. The van der Waals surface area contributed by atoms with Crippen molar-refractivity contribution in [1.82, 2.24) is 0 Å². The van der Waals surface area contributed by atoms with Gasteiger partial charge in [0.15, 0.2) is 13.2 Å². The van der Waals surface area contributed by atoms with E-state index in [-0.39, 0.29) is 0 Å². The molecular weight excluding hydrogens is 430 g/mol. The quantitative estimate of drug-likeness (QED) is 0.189. The molecule has 0 bridgehead atoms. The average Bonchev–Trinajstić information content (AvgIpc) is 2.65. The van der Waals surface area contributed by atoms with Gasteiger partial charge in [0.05, 0.1) is 10.8 Å². The number of hydrogen-bond acceptors (Lipinski definition) is 15. The van der Waals surface area contributed by atoms with Crippen molar-refractivity contribution in [3.63, 3.8) is 0 Å². The number of nitrogens with zero attached hydrogens (tertiary/aromatic N) is 5. The lowest BCUT2D eigenvalue weighted by molar-refractivity contribution is -0.984. The molecule has 0 aromatic heterocycles. The number of rotatable bonds is 18. The molecule has 0 rings (SSSR count). The standard InChI is InChI=1S/C10H18N5O15/c1-9(3-25-11(16)17,4-26-12(18)19)7-29-15(24)30-8-10(2,5-27-13(20)21)6-28-14(22)23/h3-8H2,1-2H3/q+1. The zero-order valence-corrected chi connectivity index (χ0v) is 15.6. The van der Waals surface area contributed by atoms with Crippen LogP contribution in [0.15, 0.2) is 0 Å². The van der Waals surface area contributed by atoms with E-state index < -0.39 is 75.9 Å². The van der Waals surface area contributed by atoms with Crippen LogP contribution in [0.3, 0.4) is 0 Å². The lowest BCUT2D eigenvalue weighted by atomic mass is 9.94. The Morgan fingerprint density at radius 1 is 0.500 bits per heavy atom. The Balaban J connectivity index is 4.84. The normalized spacial score (nSPS) is 11.0. The summed E-state index contributed by atoms with van der Waals surface area (Å²) in [5, 5.41) is 36.0. The van der Waals surface area contributed by atoms with E-state index in [9.17, 15) is 45.4 Å². The van der Waals surface area contributed by atoms with Gasteiger partial charge in [-0.1, -0.05) is 13.8 Å². The van der Waals surface area contributed by atoms with Crippen molar-refractivity contribution in [2.45, 2.75) is 13.8 Å². The van der Waals surface area contributed by atoms with Crippen LogP contribution in [0.1, 0.15) is 13.8 Å². The van der Waals surface area contributed by atoms with E-state index in [2.05, 4.69) is 29.0 Å². The molecule has 0 atom stereocenters. The largest absolute Gasteiger partial charge is 0.477 e. The zero-order valence-electron chi connectivity index (χ0n) is 15.6. The van der Waals surface area contributed by atoms with Gasteiger partial charge in [-0.25, -0.2) is 0 Å². The highest BCUT2D eigenvalue weighted by Crippen LogP contribution is 2.21. The Kier molecular flexibility index (Phi) is 10.2. The third kappa shape index (κ3) is 12.4. The van der Waals surface area contributed by atoms with Crippen molar-refractivity contribution in [2.75, 3.05) is 39.6 Å². The van der Waals surface area contributed by atoms with Gasteiger partial charge < -0.3 is 19.4 Å². The lowest BCUT2D eigenvalue weighted by Gasteiger charge is -2.24. The second-order valence-electron chi connectivity index (χ2n) is 6.38. The maximum Gasteiger partial charge on any atom is 0.477 e. The summed E-state index contributed by atoms with van der Waals surface area (Å²) in [7, 11) is 0. The molecule has 20 heteroatoms. The predicted molar refractivity (Wildman–Crippen MR) is 83.5 cm³/mol. The highest BCUT2D eigenvalue weighted by Gasteiger charge is 2.36. The van der Waals surface area contributed by atoms with Crippen LogP contribution in [-0.2, 0) is 29.0 Å². The van der Waals surface area contributed by atoms with Gasteiger partial charge >= 0.3 is 5.09 Å². The number of hydrogen-bond donors (Lipinski definition) is 0. The first-order chi connectivity index (χ1) is 13.8. The Hall–Kier alpha value is -4.00. The summed E-state index contributed by atoms with van der Waals surface area (Å²) in [5.74, 6) is 0. The van der Waals surface area contributed by atoms with Crippen molar-refractivity contribution in [3.8, 4) is 0 Å². The Morgan fingerprint density at radius 3 is 0.900 bits per heavy atom. The van der Waals surface area contributed by atoms with Crippen LogP contribution >= 0.6 is 0 Å².